The number of aliphatic imine (C=N–C) groups is 1. The number of carbonyl (C=O) groups excluding carboxylic acids is 3. The SMILES string of the molecule is COc1ccc(NC(=N[C@H]2CCCCN(CC(=O)N3CCCC3)C2=O)NC(=O)c2cc(OC)cc(OC)c2)cc1. The number of ether oxygens (including phenoxy) is 3. The van der Waals surface area contributed by atoms with Crippen LogP contribution in [0.15, 0.2) is 47.5 Å². The van der Waals surface area contributed by atoms with Crippen molar-refractivity contribution >= 4 is 29.4 Å². The number of rotatable bonds is 8. The first-order valence-corrected chi connectivity index (χ1v) is 13.5. The molecule has 2 aromatic rings. The molecule has 0 saturated carbocycles. The van der Waals surface area contributed by atoms with Gasteiger partial charge in [0.1, 0.15) is 23.3 Å². The Morgan fingerprint density at radius 3 is 2.12 bits per heavy atom. The summed E-state index contributed by atoms with van der Waals surface area (Å²) < 4.78 is 15.8. The molecule has 0 spiro atoms. The van der Waals surface area contributed by atoms with Crippen LogP contribution < -0.4 is 24.8 Å². The highest BCUT2D eigenvalue weighted by molar-refractivity contribution is 6.10. The van der Waals surface area contributed by atoms with Gasteiger partial charge in [0.25, 0.3) is 5.91 Å². The highest BCUT2D eigenvalue weighted by atomic mass is 16.5. The summed E-state index contributed by atoms with van der Waals surface area (Å²) in [5.74, 6) is 0.992. The molecule has 2 N–H and O–H groups in total. The first-order valence-electron chi connectivity index (χ1n) is 13.5. The molecule has 2 fully saturated rings. The molecule has 2 aliphatic heterocycles. The zero-order chi connectivity index (χ0) is 28.5. The first kappa shape index (κ1) is 28.7. The van der Waals surface area contributed by atoms with Crippen LogP contribution in [0.1, 0.15) is 42.5 Å². The van der Waals surface area contributed by atoms with E-state index in [1.807, 2.05) is 4.90 Å². The van der Waals surface area contributed by atoms with Crippen molar-refractivity contribution in [3.05, 3.63) is 48.0 Å². The molecule has 11 nitrogen and oxygen atoms in total. The third-order valence-electron chi connectivity index (χ3n) is 7.02. The summed E-state index contributed by atoms with van der Waals surface area (Å²) in [7, 11) is 4.59. The van der Waals surface area contributed by atoms with E-state index < -0.39 is 11.9 Å². The minimum absolute atomic E-state index is 0.0349. The van der Waals surface area contributed by atoms with Crippen molar-refractivity contribution in [1.82, 2.24) is 15.1 Å². The molecule has 3 amide bonds. The molecule has 1 atom stereocenters. The van der Waals surface area contributed by atoms with Gasteiger partial charge in [-0.2, -0.15) is 0 Å². The number of amides is 3. The summed E-state index contributed by atoms with van der Waals surface area (Å²) in [5.41, 5.74) is 0.940. The molecule has 2 aromatic carbocycles. The van der Waals surface area contributed by atoms with Gasteiger partial charge in [0.2, 0.25) is 17.8 Å². The molecule has 214 valence electrons. The molecule has 2 aliphatic rings. The molecule has 0 bridgehead atoms. The minimum Gasteiger partial charge on any atom is -0.497 e. The molecule has 0 unspecified atom stereocenters. The molecule has 0 radical (unpaired) electrons. The molecular formula is C29H37N5O6. The summed E-state index contributed by atoms with van der Waals surface area (Å²) in [6.07, 6.45) is 4.04. The lowest BCUT2D eigenvalue weighted by molar-refractivity contribution is -0.140. The van der Waals surface area contributed by atoms with Gasteiger partial charge in [0, 0.05) is 37.0 Å². The van der Waals surface area contributed by atoms with E-state index in [2.05, 4.69) is 15.6 Å². The van der Waals surface area contributed by atoms with Crippen molar-refractivity contribution in [3.63, 3.8) is 0 Å². The van der Waals surface area contributed by atoms with Crippen LogP contribution in [0.2, 0.25) is 0 Å². The van der Waals surface area contributed by atoms with Crippen LogP contribution in [0.5, 0.6) is 17.2 Å². The molecule has 0 aliphatic carbocycles. The lowest BCUT2D eigenvalue weighted by Gasteiger charge is -2.25. The van der Waals surface area contributed by atoms with Gasteiger partial charge in [-0.15, -0.1) is 0 Å². The fraction of sp³-hybridized carbons (Fsp3) is 0.448. The van der Waals surface area contributed by atoms with Crippen LogP contribution in [0.4, 0.5) is 5.69 Å². The number of hydrogen-bond acceptors (Lipinski definition) is 7. The monoisotopic (exact) mass is 551 g/mol. The molecule has 4 rings (SSSR count). The zero-order valence-corrected chi connectivity index (χ0v) is 23.3. The third kappa shape index (κ3) is 7.43. The maximum absolute atomic E-state index is 13.5. The van der Waals surface area contributed by atoms with Gasteiger partial charge in [-0.25, -0.2) is 4.99 Å². The number of carbonyl (C=O) groups is 3. The van der Waals surface area contributed by atoms with E-state index in [4.69, 9.17) is 14.2 Å². The van der Waals surface area contributed by atoms with Gasteiger partial charge < -0.3 is 29.3 Å². The molecule has 0 aromatic heterocycles. The second-order valence-corrected chi connectivity index (χ2v) is 9.75. The first-order chi connectivity index (χ1) is 19.4. The normalized spacial score (nSPS) is 17.7. The van der Waals surface area contributed by atoms with E-state index in [9.17, 15) is 14.4 Å². The number of methoxy groups -OCH3 is 3. The lowest BCUT2D eigenvalue weighted by Crippen LogP contribution is -2.45. The topological polar surface area (TPSA) is 122 Å². The van der Waals surface area contributed by atoms with Crippen LogP contribution in [-0.2, 0) is 9.59 Å². The molecule has 2 heterocycles. The van der Waals surface area contributed by atoms with E-state index in [1.54, 1.807) is 54.5 Å². The van der Waals surface area contributed by atoms with E-state index in [1.165, 1.54) is 14.2 Å². The number of likely N-dealkylation sites (tertiary alicyclic amines) is 2. The second-order valence-electron chi connectivity index (χ2n) is 9.75. The quantitative estimate of drug-likeness (QED) is 0.382. The van der Waals surface area contributed by atoms with Crippen LogP contribution in [0.25, 0.3) is 0 Å². The Balaban J connectivity index is 1.58. The van der Waals surface area contributed by atoms with Gasteiger partial charge >= 0.3 is 0 Å². The number of anilines is 1. The highest BCUT2D eigenvalue weighted by Gasteiger charge is 2.30. The lowest BCUT2D eigenvalue weighted by atomic mass is 10.1. The number of guanidine groups is 1. The van der Waals surface area contributed by atoms with Crippen molar-refractivity contribution in [2.24, 2.45) is 4.99 Å². The Morgan fingerprint density at radius 2 is 1.50 bits per heavy atom. The Hall–Kier alpha value is -4.28. The van der Waals surface area contributed by atoms with Crippen molar-refractivity contribution in [1.29, 1.82) is 0 Å². The smallest absolute Gasteiger partial charge is 0.258 e. The second kappa shape index (κ2) is 13.7. The van der Waals surface area contributed by atoms with Gasteiger partial charge in [-0.1, -0.05) is 0 Å². The summed E-state index contributed by atoms with van der Waals surface area (Å²) in [5, 5.41) is 5.94. The average Bonchev–Trinajstić information content (AvgIpc) is 3.47. The summed E-state index contributed by atoms with van der Waals surface area (Å²) in [6, 6.07) is 11.2. The van der Waals surface area contributed by atoms with E-state index >= 15 is 0 Å². The predicted molar refractivity (Wildman–Crippen MR) is 151 cm³/mol. The summed E-state index contributed by atoms with van der Waals surface area (Å²) in [6.45, 7) is 2.02. The molecule has 2 saturated heterocycles. The van der Waals surface area contributed by atoms with E-state index in [0.29, 0.717) is 41.5 Å². The summed E-state index contributed by atoms with van der Waals surface area (Å²) >= 11 is 0. The Labute approximate surface area is 234 Å². The molecule has 40 heavy (non-hydrogen) atoms. The number of hydrogen-bond donors (Lipinski definition) is 2. The maximum Gasteiger partial charge on any atom is 0.258 e. The largest absolute Gasteiger partial charge is 0.497 e. The van der Waals surface area contributed by atoms with Crippen molar-refractivity contribution < 1.29 is 28.6 Å². The average molecular weight is 552 g/mol. The number of nitrogens with one attached hydrogen (secondary N) is 2. The number of nitrogens with zero attached hydrogens (tertiary/aromatic N) is 3. The predicted octanol–water partition coefficient (Wildman–Crippen LogP) is 2.91. The fourth-order valence-electron chi connectivity index (χ4n) is 4.77. The van der Waals surface area contributed by atoms with Crippen molar-refractivity contribution in [2.45, 2.75) is 38.1 Å². The van der Waals surface area contributed by atoms with Crippen LogP contribution >= 0.6 is 0 Å². The minimum atomic E-state index is -0.755. The van der Waals surface area contributed by atoms with E-state index in [0.717, 1.165) is 38.8 Å². The van der Waals surface area contributed by atoms with Gasteiger partial charge in [0.05, 0.1) is 27.9 Å². The van der Waals surface area contributed by atoms with E-state index in [-0.39, 0.29) is 24.3 Å². The molecular weight excluding hydrogens is 514 g/mol. The van der Waals surface area contributed by atoms with Gasteiger partial charge in [-0.3, -0.25) is 19.7 Å². The standard InChI is InChI=1S/C29H37N5O6/c1-38-22-11-9-21(10-12-22)30-29(32-27(36)20-16-23(39-2)18-24(17-20)40-3)31-25-8-4-5-15-34(28(25)37)19-26(35)33-13-6-7-14-33/h9-12,16-18,25H,4-8,13-15,19H2,1-3H3,(H2,30,31,32,36)/t25-/m0/s1. The van der Waals surface area contributed by atoms with Gasteiger partial charge in [-0.05, 0) is 68.5 Å². The highest BCUT2D eigenvalue weighted by Crippen LogP contribution is 2.23. The zero-order valence-electron chi connectivity index (χ0n) is 23.3. The van der Waals surface area contributed by atoms with Crippen molar-refractivity contribution in [3.8, 4) is 17.2 Å². The Kier molecular flexibility index (Phi) is 9.82. The Morgan fingerprint density at radius 1 is 0.875 bits per heavy atom. The Bertz CT molecular complexity index is 1200. The van der Waals surface area contributed by atoms with Crippen LogP contribution in [0.3, 0.4) is 0 Å². The van der Waals surface area contributed by atoms with Gasteiger partial charge in [0.15, 0.2) is 0 Å². The molecule has 11 heteroatoms. The summed E-state index contributed by atoms with van der Waals surface area (Å²) in [4.78, 5) is 47.8. The maximum atomic E-state index is 13.5. The number of benzene rings is 2. The van der Waals surface area contributed by atoms with Crippen molar-refractivity contribution in [2.75, 3.05) is 52.8 Å². The third-order valence-corrected chi connectivity index (χ3v) is 7.02. The van der Waals surface area contributed by atoms with Crippen LogP contribution in [-0.4, -0.2) is 87.0 Å². The van der Waals surface area contributed by atoms with Crippen LogP contribution in [0, 0.1) is 0 Å². The fourth-order valence-corrected chi connectivity index (χ4v) is 4.77.